The molecular weight excluding hydrogens is 323 g/mol. The van der Waals surface area contributed by atoms with Crippen LogP contribution in [-0.2, 0) is 0 Å². The topological polar surface area (TPSA) is 3.24 Å². The van der Waals surface area contributed by atoms with Gasteiger partial charge in [0.15, 0.2) is 0 Å². The van der Waals surface area contributed by atoms with Gasteiger partial charge in [0.25, 0.3) is 0 Å². The van der Waals surface area contributed by atoms with Crippen LogP contribution in [-0.4, -0.2) is 0 Å². The van der Waals surface area contributed by atoms with Gasteiger partial charge in [-0.25, -0.2) is 13.2 Å². The highest BCUT2D eigenvalue weighted by Crippen LogP contribution is 2.37. The summed E-state index contributed by atoms with van der Waals surface area (Å²) in [5.74, 6) is -1.48. The quantitative estimate of drug-likeness (QED) is 0.525. The van der Waals surface area contributed by atoms with Gasteiger partial charge in [-0.3, -0.25) is 0 Å². The van der Waals surface area contributed by atoms with Gasteiger partial charge in [0.1, 0.15) is 17.5 Å². The number of benzene rings is 3. The summed E-state index contributed by atoms with van der Waals surface area (Å²) >= 11 is 0. The number of aryl methyl sites for hydroxylation is 3. The first-order valence-corrected chi connectivity index (χ1v) is 7.95. The molecule has 0 fully saturated rings. The minimum atomic E-state index is -0.569. The average molecular weight is 341 g/mol. The molecular formula is C21H18F3N. The lowest BCUT2D eigenvalue weighted by atomic mass is 10.1. The Morgan fingerprint density at radius 1 is 0.600 bits per heavy atom. The van der Waals surface area contributed by atoms with Gasteiger partial charge in [-0.2, -0.15) is 0 Å². The van der Waals surface area contributed by atoms with Crippen molar-refractivity contribution in [2.24, 2.45) is 0 Å². The zero-order valence-electron chi connectivity index (χ0n) is 14.3. The van der Waals surface area contributed by atoms with Crippen molar-refractivity contribution in [3.05, 3.63) is 88.7 Å². The normalized spacial score (nSPS) is 10.8. The Labute approximate surface area is 145 Å². The lowest BCUT2D eigenvalue weighted by Gasteiger charge is -2.26. The third-order valence-corrected chi connectivity index (χ3v) is 4.17. The maximum absolute atomic E-state index is 14.6. The van der Waals surface area contributed by atoms with Gasteiger partial charge in [0, 0.05) is 17.4 Å². The van der Waals surface area contributed by atoms with Crippen molar-refractivity contribution in [1.82, 2.24) is 0 Å². The molecule has 0 radical (unpaired) electrons. The highest BCUT2D eigenvalue weighted by atomic mass is 19.1. The fourth-order valence-electron chi connectivity index (χ4n) is 2.65. The van der Waals surface area contributed by atoms with Crippen LogP contribution in [0.25, 0.3) is 0 Å². The molecule has 0 amide bonds. The molecule has 3 aromatic rings. The zero-order chi connectivity index (χ0) is 18.1. The second-order valence-corrected chi connectivity index (χ2v) is 6.16. The van der Waals surface area contributed by atoms with Crippen LogP contribution in [0.15, 0.2) is 54.6 Å². The molecule has 0 saturated heterocycles. The van der Waals surface area contributed by atoms with E-state index in [1.807, 2.05) is 19.1 Å². The number of anilines is 3. The summed E-state index contributed by atoms with van der Waals surface area (Å²) in [5.41, 5.74) is 2.83. The molecule has 128 valence electrons. The predicted octanol–water partition coefficient (Wildman–Crippen LogP) is 6.50. The Morgan fingerprint density at radius 2 is 1.20 bits per heavy atom. The van der Waals surface area contributed by atoms with Crippen molar-refractivity contribution in [2.45, 2.75) is 20.8 Å². The van der Waals surface area contributed by atoms with Gasteiger partial charge in [-0.05, 0) is 62.2 Å². The molecule has 0 aliphatic heterocycles. The molecule has 3 rings (SSSR count). The number of halogens is 3. The Hall–Kier alpha value is -2.75. The Balaban J connectivity index is 2.23. The van der Waals surface area contributed by atoms with Crippen molar-refractivity contribution in [3.63, 3.8) is 0 Å². The third-order valence-electron chi connectivity index (χ3n) is 4.17. The monoisotopic (exact) mass is 341 g/mol. The molecule has 1 nitrogen and oxygen atoms in total. The van der Waals surface area contributed by atoms with Crippen LogP contribution >= 0.6 is 0 Å². The van der Waals surface area contributed by atoms with Crippen molar-refractivity contribution >= 4 is 17.1 Å². The first-order chi connectivity index (χ1) is 11.9. The molecule has 3 aromatic carbocycles. The van der Waals surface area contributed by atoms with E-state index in [4.69, 9.17) is 0 Å². The molecule has 0 unspecified atom stereocenters. The van der Waals surface area contributed by atoms with Gasteiger partial charge in [-0.15, -0.1) is 0 Å². The third kappa shape index (κ3) is 3.38. The molecule has 0 saturated carbocycles. The summed E-state index contributed by atoms with van der Waals surface area (Å²) in [7, 11) is 0. The van der Waals surface area contributed by atoms with Crippen LogP contribution < -0.4 is 4.90 Å². The van der Waals surface area contributed by atoms with E-state index in [9.17, 15) is 13.2 Å². The lowest BCUT2D eigenvalue weighted by Crippen LogP contribution is -2.13. The Morgan fingerprint density at radius 3 is 1.84 bits per heavy atom. The first kappa shape index (κ1) is 17.1. The van der Waals surface area contributed by atoms with E-state index >= 15 is 0 Å². The summed E-state index contributed by atoms with van der Waals surface area (Å²) < 4.78 is 42.8. The minimum absolute atomic E-state index is 0.0372. The molecule has 0 aliphatic rings. The minimum Gasteiger partial charge on any atom is -0.307 e. The molecule has 25 heavy (non-hydrogen) atoms. The predicted molar refractivity (Wildman–Crippen MR) is 95.2 cm³/mol. The summed E-state index contributed by atoms with van der Waals surface area (Å²) in [5, 5.41) is 0. The van der Waals surface area contributed by atoms with E-state index in [1.54, 1.807) is 31.2 Å². The fourth-order valence-corrected chi connectivity index (χ4v) is 2.65. The van der Waals surface area contributed by atoms with E-state index in [0.717, 1.165) is 17.7 Å². The smallest absolute Gasteiger partial charge is 0.147 e. The summed E-state index contributed by atoms with van der Waals surface area (Å²) in [4.78, 5) is 1.51. The van der Waals surface area contributed by atoms with E-state index < -0.39 is 17.5 Å². The van der Waals surface area contributed by atoms with Gasteiger partial charge in [0.2, 0.25) is 0 Å². The largest absolute Gasteiger partial charge is 0.307 e. The van der Waals surface area contributed by atoms with Crippen molar-refractivity contribution < 1.29 is 13.2 Å². The Kier molecular flexibility index (Phi) is 4.53. The SMILES string of the molecule is Cc1ccc(N(c2ccc(C)c(F)c2)c2cc(F)c(C)cc2F)cc1. The van der Waals surface area contributed by atoms with Gasteiger partial charge < -0.3 is 4.90 Å². The van der Waals surface area contributed by atoms with E-state index in [0.29, 0.717) is 16.9 Å². The van der Waals surface area contributed by atoms with Crippen LogP contribution in [0.4, 0.5) is 30.2 Å². The van der Waals surface area contributed by atoms with E-state index in [2.05, 4.69) is 0 Å². The summed E-state index contributed by atoms with van der Waals surface area (Å²) in [6.07, 6.45) is 0. The molecule has 4 heteroatoms. The molecule has 0 N–H and O–H groups in total. The fraction of sp³-hybridized carbons (Fsp3) is 0.143. The first-order valence-electron chi connectivity index (χ1n) is 7.95. The van der Waals surface area contributed by atoms with Gasteiger partial charge in [0.05, 0.1) is 5.69 Å². The second kappa shape index (κ2) is 6.63. The molecule has 0 heterocycles. The highest BCUT2D eigenvalue weighted by molar-refractivity contribution is 5.77. The summed E-state index contributed by atoms with van der Waals surface area (Å²) in [6, 6.07) is 14.3. The molecule has 0 aliphatic carbocycles. The van der Waals surface area contributed by atoms with Crippen molar-refractivity contribution in [3.8, 4) is 0 Å². The van der Waals surface area contributed by atoms with Crippen LogP contribution in [0.2, 0.25) is 0 Å². The van der Waals surface area contributed by atoms with E-state index in [-0.39, 0.29) is 11.3 Å². The summed E-state index contributed by atoms with van der Waals surface area (Å²) in [6.45, 7) is 5.09. The molecule has 0 bridgehead atoms. The van der Waals surface area contributed by atoms with Crippen LogP contribution in [0, 0.1) is 38.2 Å². The van der Waals surface area contributed by atoms with Gasteiger partial charge >= 0.3 is 0 Å². The molecule has 0 atom stereocenters. The number of nitrogens with zero attached hydrogens (tertiary/aromatic N) is 1. The Bertz CT molecular complexity index is 917. The molecule has 0 spiro atoms. The van der Waals surface area contributed by atoms with Crippen LogP contribution in [0.1, 0.15) is 16.7 Å². The maximum Gasteiger partial charge on any atom is 0.147 e. The van der Waals surface area contributed by atoms with Crippen LogP contribution in [0.3, 0.4) is 0 Å². The zero-order valence-corrected chi connectivity index (χ0v) is 14.3. The number of hydrogen-bond donors (Lipinski definition) is 0. The average Bonchev–Trinajstić information content (AvgIpc) is 2.57. The van der Waals surface area contributed by atoms with Gasteiger partial charge in [-0.1, -0.05) is 23.8 Å². The number of hydrogen-bond acceptors (Lipinski definition) is 1. The second-order valence-electron chi connectivity index (χ2n) is 6.16. The van der Waals surface area contributed by atoms with E-state index in [1.165, 1.54) is 17.9 Å². The standard InChI is InChI=1S/C21H18F3N/c1-13-4-7-16(8-5-13)25(17-9-6-14(2)18(22)11-17)21-12-19(23)15(3)10-20(21)24/h4-12H,1-3H3. The highest BCUT2D eigenvalue weighted by Gasteiger charge is 2.19. The molecule has 0 aromatic heterocycles. The van der Waals surface area contributed by atoms with Crippen LogP contribution in [0.5, 0.6) is 0 Å². The van der Waals surface area contributed by atoms with Crippen molar-refractivity contribution in [2.75, 3.05) is 4.90 Å². The van der Waals surface area contributed by atoms with Crippen molar-refractivity contribution in [1.29, 1.82) is 0 Å². The number of rotatable bonds is 3. The maximum atomic E-state index is 14.6. The lowest BCUT2D eigenvalue weighted by molar-refractivity contribution is 0.593.